The Morgan fingerprint density at radius 2 is 1.94 bits per heavy atom. The molecule has 1 aliphatic heterocycles. The molecule has 1 atom stereocenters. The van der Waals surface area contributed by atoms with Gasteiger partial charge in [0, 0.05) is 0 Å². The van der Waals surface area contributed by atoms with E-state index in [2.05, 4.69) is 36.1 Å². The molecule has 1 heterocycles. The maximum atomic E-state index is 5.22. The zero-order valence-corrected chi connectivity index (χ0v) is 11.7. The zero-order chi connectivity index (χ0) is 12.8. The lowest BCUT2D eigenvalue weighted by Gasteiger charge is -2.19. The van der Waals surface area contributed by atoms with Crippen LogP contribution in [0.15, 0.2) is 24.3 Å². The highest BCUT2D eigenvalue weighted by Crippen LogP contribution is 2.29. The Hall–Kier alpha value is -1.02. The molecule has 1 aliphatic rings. The largest absolute Gasteiger partial charge is 0.497 e. The molecule has 1 unspecified atom stereocenters. The summed E-state index contributed by atoms with van der Waals surface area (Å²) in [7, 11) is 1.73. The third-order valence-corrected chi connectivity index (χ3v) is 3.95. The number of rotatable bonds is 4. The van der Waals surface area contributed by atoms with Crippen molar-refractivity contribution in [3.63, 3.8) is 0 Å². The lowest BCUT2D eigenvalue weighted by atomic mass is 9.92. The lowest BCUT2D eigenvalue weighted by Crippen LogP contribution is -2.25. The van der Waals surface area contributed by atoms with Gasteiger partial charge in [-0.3, -0.25) is 0 Å². The monoisotopic (exact) mass is 247 g/mol. The minimum atomic E-state index is 0.734. The van der Waals surface area contributed by atoms with E-state index in [1.807, 2.05) is 0 Å². The molecule has 1 aromatic carbocycles. The highest BCUT2D eigenvalue weighted by atomic mass is 16.5. The molecule has 0 aromatic heterocycles. The van der Waals surface area contributed by atoms with Crippen molar-refractivity contribution in [1.29, 1.82) is 0 Å². The second-order valence-corrected chi connectivity index (χ2v) is 5.24. The van der Waals surface area contributed by atoms with Gasteiger partial charge < -0.3 is 9.64 Å². The summed E-state index contributed by atoms with van der Waals surface area (Å²) >= 11 is 0. The smallest absolute Gasteiger partial charge is 0.118 e. The van der Waals surface area contributed by atoms with Gasteiger partial charge in [0.25, 0.3) is 0 Å². The van der Waals surface area contributed by atoms with Crippen LogP contribution < -0.4 is 4.74 Å². The minimum absolute atomic E-state index is 0.734. The predicted octanol–water partition coefficient (Wildman–Crippen LogP) is 3.67. The van der Waals surface area contributed by atoms with Crippen LogP contribution in [-0.2, 0) is 0 Å². The Labute approximate surface area is 111 Å². The van der Waals surface area contributed by atoms with E-state index in [4.69, 9.17) is 4.74 Å². The Morgan fingerprint density at radius 1 is 1.17 bits per heavy atom. The summed E-state index contributed by atoms with van der Waals surface area (Å²) in [4.78, 5) is 2.61. The molecule has 0 bridgehead atoms. The maximum Gasteiger partial charge on any atom is 0.118 e. The molecule has 2 nitrogen and oxygen atoms in total. The first-order valence-electron chi connectivity index (χ1n) is 7.19. The van der Waals surface area contributed by atoms with Crippen LogP contribution in [0.25, 0.3) is 0 Å². The molecule has 1 aromatic rings. The van der Waals surface area contributed by atoms with Crippen LogP contribution >= 0.6 is 0 Å². The molecule has 100 valence electrons. The average Bonchev–Trinajstić information content (AvgIpc) is 2.65. The van der Waals surface area contributed by atoms with Gasteiger partial charge in [-0.1, -0.05) is 19.1 Å². The van der Waals surface area contributed by atoms with E-state index in [-0.39, 0.29) is 0 Å². The van der Waals surface area contributed by atoms with Crippen LogP contribution in [0.3, 0.4) is 0 Å². The minimum Gasteiger partial charge on any atom is -0.497 e. The summed E-state index contributed by atoms with van der Waals surface area (Å²) in [5, 5.41) is 0. The second kappa shape index (κ2) is 6.79. The summed E-state index contributed by atoms with van der Waals surface area (Å²) in [6.07, 6.45) is 5.22. The summed E-state index contributed by atoms with van der Waals surface area (Å²) in [6, 6.07) is 8.64. The topological polar surface area (TPSA) is 12.5 Å². The van der Waals surface area contributed by atoms with Gasteiger partial charge >= 0.3 is 0 Å². The van der Waals surface area contributed by atoms with Crippen LogP contribution in [0.5, 0.6) is 5.75 Å². The van der Waals surface area contributed by atoms with Gasteiger partial charge in [-0.15, -0.1) is 0 Å². The number of hydrogen-bond donors (Lipinski definition) is 0. The molecule has 18 heavy (non-hydrogen) atoms. The number of ether oxygens (including phenoxy) is 1. The standard InChI is InChI=1S/C16H25NO/c1-3-11-17-12-4-5-14(10-13-17)15-6-8-16(18-2)9-7-15/h6-9,14H,3-5,10-13H2,1-2H3. The number of hydrogen-bond acceptors (Lipinski definition) is 2. The van der Waals surface area contributed by atoms with Crippen LogP contribution in [0.2, 0.25) is 0 Å². The molecule has 1 saturated heterocycles. The van der Waals surface area contributed by atoms with Gasteiger partial charge in [-0.25, -0.2) is 0 Å². The Morgan fingerprint density at radius 3 is 2.61 bits per heavy atom. The van der Waals surface area contributed by atoms with E-state index < -0.39 is 0 Å². The van der Waals surface area contributed by atoms with Gasteiger partial charge in [0.2, 0.25) is 0 Å². The van der Waals surface area contributed by atoms with Crippen molar-refractivity contribution < 1.29 is 4.74 Å². The van der Waals surface area contributed by atoms with Crippen molar-refractivity contribution in [3.05, 3.63) is 29.8 Å². The molecule has 1 fully saturated rings. The number of nitrogens with zero attached hydrogens (tertiary/aromatic N) is 1. The Kier molecular flexibility index (Phi) is 5.06. The Balaban J connectivity index is 1.96. The predicted molar refractivity (Wildman–Crippen MR) is 76.3 cm³/mol. The molecule has 0 amide bonds. The molecule has 0 aliphatic carbocycles. The van der Waals surface area contributed by atoms with Gasteiger partial charge in [0.15, 0.2) is 0 Å². The SMILES string of the molecule is CCCN1CCCC(c2ccc(OC)cc2)CC1. The first kappa shape index (κ1) is 13.4. The average molecular weight is 247 g/mol. The van der Waals surface area contributed by atoms with Crippen molar-refractivity contribution in [2.45, 2.75) is 38.5 Å². The van der Waals surface area contributed by atoms with E-state index in [1.165, 1.54) is 50.9 Å². The molecule has 0 N–H and O–H groups in total. The normalized spacial score (nSPS) is 21.6. The van der Waals surface area contributed by atoms with Crippen LogP contribution in [0.4, 0.5) is 0 Å². The third kappa shape index (κ3) is 3.49. The number of methoxy groups -OCH3 is 1. The molecular weight excluding hydrogens is 222 g/mol. The van der Waals surface area contributed by atoms with Crippen molar-refractivity contribution >= 4 is 0 Å². The number of likely N-dealkylation sites (tertiary alicyclic amines) is 1. The van der Waals surface area contributed by atoms with Gasteiger partial charge in [0.05, 0.1) is 7.11 Å². The van der Waals surface area contributed by atoms with Gasteiger partial charge in [-0.2, -0.15) is 0 Å². The first-order valence-corrected chi connectivity index (χ1v) is 7.19. The van der Waals surface area contributed by atoms with E-state index in [0.29, 0.717) is 0 Å². The van der Waals surface area contributed by atoms with Crippen molar-refractivity contribution in [1.82, 2.24) is 4.90 Å². The molecule has 2 rings (SSSR count). The molecule has 0 saturated carbocycles. The van der Waals surface area contributed by atoms with E-state index >= 15 is 0 Å². The van der Waals surface area contributed by atoms with Crippen LogP contribution in [0.1, 0.15) is 44.1 Å². The van der Waals surface area contributed by atoms with E-state index in [9.17, 15) is 0 Å². The summed E-state index contributed by atoms with van der Waals surface area (Å²) in [6.45, 7) is 6.06. The molecule has 0 radical (unpaired) electrons. The van der Waals surface area contributed by atoms with E-state index in [1.54, 1.807) is 7.11 Å². The van der Waals surface area contributed by atoms with Crippen molar-refractivity contribution in [2.75, 3.05) is 26.7 Å². The second-order valence-electron chi connectivity index (χ2n) is 5.24. The van der Waals surface area contributed by atoms with Gasteiger partial charge in [0.1, 0.15) is 5.75 Å². The quantitative estimate of drug-likeness (QED) is 0.805. The molecule has 2 heteroatoms. The summed E-state index contributed by atoms with van der Waals surface area (Å²) in [5.74, 6) is 1.69. The summed E-state index contributed by atoms with van der Waals surface area (Å²) in [5.41, 5.74) is 1.48. The van der Waals surface area contributed by atoms with Crippen LogP contribution in [-0.4, -0.2) is 31.6 Å². The zero-order valence-electron chi connectivity index (χ0n) is 11.7. The fraction of sp³-hybridized carbons (Fsp3) is 0.625. The highest BCUT2D eigenvalue weighted by molar-refractivity contribution is 5.29. The molecular formula is C16H25NO. The van der Waals surface area contributed by atoms with E-state index in [0.717, 1.165) is 11.7 Å². The van der Waals surface area contributed by atoms with Crippen molar-refractivity contribution in [3.8, 4) is 5.75 Å². The third-order valence-electron chi connectivity index (χ3n) is 3.95. The summed E-state index contributed by atoms with van der Waals surface area (Å²) < 4.78 is 5.22. The van der Waals surface area contributed by atoms with Crippen LogP contribution in [0, 0.1) is 0 Å². The fourth-order valence-corrected chi connectivity index (χ4v) is 2.91. The fourth-order valence-electron chi connectivity index (χ4n) is 2.91. The van der Waals surface area contributed by atoms with Gasteiger partial charge in [-0.05, 0) is 68.9 Å². The highest BCUT2D eigenvalue weighted by Gasteiger charge is 2.17. The maximum absolute atomic E-state index is 5.22. The number of benzene rings is 1. The van der Waals surface area contributed by atoms with Crippen molar-refractivity contribution in [2.24, 2.45) is 0 Å². The molecule has 0 spiro atoms. The Bertz CT molecular complexity index is 347. The first-order chi connectivity index (χ1) is 8.83. The lowest BCUT2D eigenvalue weighted by molar-refractivity contribution is 0.284.